The number of hydrogen-bond acceptors (Lipinski definition) is 5. The van der Waals surface area contributed by atoms with E-state index in [2.05, 4.69) is 16.0 Å². The fourth-order valence-corrected chi connectivity index (χ4v) is 3.26. The summed E-state index contributed by atoms with van der Waals surface area (Å²) in [5.74, 6) is -0.270. The van der Waals surface area contributed by atoms with Crippen LogP contribution in [0, 0.1) is 0 Å². The van der Waals surface area contributed by atoms with Gasteiger partial charge in [0.1, 0.15) is 18.4 Å². The maximum absolute atomic E-state index is 13.1. The Hall–Kier alpha value is -4.33. The summed E-state index contributed by atoms with van der Waals surface area (Å²) in [6, 6.07) is 22.6. The molecule has 0 heterocycles. The molecule has 0 saturated heterocycles. The number of hydrogen-bond donors (Lipinski definition) is 3. The van der Waals surface area contributed by atoms with Crippen LogP contribution >= 0.6 is 0 Å². The van der Waals surface area contributed by atoms with Gasteiger partial charge in [-0.05, 0) is 23.3 Å². The molecule has 0 unspecified atom stereocenters. The Morgan fingerprint density at radius 3 is 2.12 bits per heavy atom. The van der Waals surface area contributed by atoms with Crippen molar-refractivity contribution in [2.75, 3.05) is 17.7 Å². The van der Waals surface area contributed by atoms with Crippen LogP contribution in [0.15, 0.2) is 78.9 Å². The molecular weight excluding hydrogens is 434 g/mol. The van der Waals surface area contributed by atoms with E-state index in [0.29, 0.717) is 17.1 Å². The maximum Gasteiger partial charge on any atom is 0.408 e. The van der Waals surface area contributed by atoms with Gasteiger partial charge in [0, 0.05) is 25.1 Å². The van der Waals surface area contributed by atoms with Crippen molar-refractivity contribution in [1.82, 2.24) is 5.32 Å². The van der Waals surface area contributed by atoms with Crippen LogP contribution in [0.2, 0.25) is 0 Å². The molecule has 3 rings (SSSR count). The fourth-order valence-electron chi connectivity index (χ4n) is 3.26. The summed E-state index contributed by atoms with van der Waals surface area (Å²) in [7, 11) is 1.47. The highest BCUT2D eigenvalue weighted by Gasteiger charge is 2.23. The molecular formula is C26H27N3O5. The minimum absolute atomic E-state index is 0.0914. The van der Waals surface area contributed by atoms with Gasteiger partial charge < -0.3 is 25.4 Å². The number of methoxy groups -OCH3 is 1. The molecule has 3 amide bonds. The Bertz CT molecular complexity index is 1120. The van der Waals surface area contributed by atoms with Crippen molar-refractivity contribution in [3.63, 3.8) is 0 Å². The molecule has 8 nitrogen and oxygen atoms in total. The molecule has 0 spiro atoms. The van der Waals surface area contributed by atoms with Gasteiger partial charge in [-0.3, -0.25) is 9.59 Å². The van der Waals surface area contributed by atoms with E-state index in [0.717, 1.165) is 11.1 Å². The van der Waals surface area contributed by atoms with Crippen LogP contribution in [-0.2, 0) is 27.4 Å². The van der Waals surface area contributed by atoms with Crippen molar-refractivity contribution in [2.45, 2.75) is 26.0 Å². The zero-order valence-electron chi connectivity index (χ0n) is 19.0. The van der Waals surface area contributed by atoms with Crippen molar-refractivity contribution < 1.29 is 23.9 Å². The maximum atomic E-state index is 13.1. The molecule has 0 saturated carbocycles. The molecule has 0 aliphatic rings. The second-order valence-electron chi connectivity index (χ2n) is 7.53. The highest BCUT2D eigenvalue weighted by atomic mass is 16.5. The molecule has 0 bridgehead atoms. The Balaban J connectivity index is 1.71. The second-order valence-corrected chi connectivity index (χ2v) is 7.53. The van der Waals surface area contributed by atoms with E-state index >= 15 is 0 Å². The molecule has 0 radical (unpaired) electrons. The van der Waals surface area contributed by atoms with Crippen molar-refractivity contribution in [2.24, 2.45) is 0 Å². The summed E-state index contributed by atoms with van der Waals surface area (Å²) < 4.78 is 10.6. The SMILES string of the molecule is COc1cc(NC(=O)[C@H](Cc2ccccc2)NC(=O)OCc2ccccc2)ccc1NC(C)=O. The summed E-state index contributed by atoms with van der Waals surface area (Å²) >= 11 is 0. The van der Waals surface area contributed by atoms with Gasteiger partial charge in [0.15, 0.2) is 0 Å². The number of carbonyl (C=O) groups excluding carboxylic acids is 3. The largest absolute Gasteiger partial charge is 0.494 e. The third-order valence-corrected chi connectivity index (χ3v) is 4.88. The number of ether oxygens (including phenoxy) is 2. The van der Waals surface area contributed by atoms with Crippen LogP contribution in [0.4, 0.5) is 16.2 Å². The van der Waals surface area contributed by atoms with Crippen molar-refractivity contribution in [3.05, 3.63) is 90.0 Å². The zero-order chi connectivity index (χ0) is 24.3. The number of nitrogens with one attached hydrogen (secondary N) is 3. The lowest BCUT2D eigenvalue weighted by Gasteiger charge is -2.19. The van der Waals surface area contributed by atoms with E-state index < -0.39 is 18.0 Å². The van der Waals surface area contributed by atoms with Crippen LogP contribution < -0.4 is 20.7 Å². The van der Waals surface area contributed by atoms with E-state index in [1.165, 1.54) is 14.0 Å². The van der Waals surface area contributed by atoms with E-state index in [1.807, 2.05) is 60.7 Å². The van der Waals surface area contributed by atoms with Crippen molar-refractivity contribution in [1.29, 1.82) is 0 Å². The lowest BCUT2D eigenvalue weighted by Crippen LogP contribution is -2.45. The number of amides is 3. The van der Waals surface area contributed by atoms with Gasteiger partial charge in [-0.2, -0.15) is 0 Å². The molecule has 1 atom stereocenters. The quantitative estimate of drug-likeness (QED) is 0.444. The average Bonchev–Trinajstić information content (AvgIpc) is 2.84. The Morgan fingerprint density at radius 2 is 1.50 bits per heavy atom. The summed E-state index contributed by atoms with van der Waals surface area (Å²) in [5.41, 5.74) is 2.66. The highest BCUT2D eigenvalue weighted by molar-refractivity contribution is 5.97. The molecule has 3 aromatic rings. The standard InChI is InChI=1S/C26H27N3O5/c1-18(30)27-22-14-13-21(16-24(22)33-2)28-25(31)23(15-19-9-5-3-6-10-19)29-26(32)34-17-20-11-7-4-8-12-20/h3-14,16,23H,15,17H2,1-2H3,(H,27,30)(H,28,31)(H,29,32)/t23-/m0/s1. The van der Waals surface area contributed by atoms with Crippen LogP contribution in [-0.4, -0.2) is 31.1 Å². The van der Waals surface area contributed by atoms with Gasteiger partial charge >= 0.3 is 6.09 Å². The van der Waals surface area contributed by atoms with Crippen LogP contribution in [0.3, 0.4) is 0 Å². The Kier molecular flexibility index (Phi) is 8.62. The summed E-state index contributed by atoms with van der Waals surface area (Å²) in [5, 5.41) is 8.12. The molecule has 176 valence electrons. The highest BCUT2D eigenvalue weighted by Crippen LogP contribution is 2.28. The number of anilines is 2. The lowest BCUT2D eigenvalue weighted by molar-refractivity contribution is -0.118. The topological polar surface area (TPSA) is 106 Å². The van der Waals surface area contributed by atoms with Gasteiger partial charge in [-0.25, -0.2) is 4.79 Å². The molecule has 8 heteroatoms. The third kappa shape index (κ3) is 7.37. The smallest absolute Gasteiger partial charge is 0.408 e. The molecule has 0 aliphatic heterocycles. The fraction of sp³-hybridized carbons (Fsp3) is 0.192. The van der Waals surface area contributed by atoms with Gasteiger partial charge in [0.2, 0.25) is 11.8 Å². The summed E-state index contributed by atoms with van der Waals surface area (Å²) in [4.78, 5) is 36.9. The molecule has 34 heavy (non-hydrogen) atoms. The van der Waals surface area contributed by atoms with Crippen LogP contribution in [0.1, 0.15) is 18.1 Å². The number of rotatable bonds is 9. The first-order valence-electron chi connectivity index (χ1n) is 10.7. The third-order valence-electron chi connectivity index (χ3n) is 4.88. The lowest BCUT2D eigenvalue weighted by atomic mass is 10.1. The predicted molar refractivity (Wildman–Crippen MR) is 130 cm³/mol. The molecule has 3 N–H and O–H groups in total. The van der Waals surface area contributed by atoms with E-state index in [-0.39, 0.29) is 18.9 Å². The first kappa shape index (κ1) is 24.3. The van der Waals surface area contributed by atoms with Gasteiger partial charge in [0.25, 0.3) is 0 Å². The first-order chi connectivity index (χ1) is 16.4. The van der Waals surface area contributed by atoms with E-state index in [9.17, 15) is 14.4 Å². The Labute approximate surface area is 198 Å². The molecule has 0 aliphatic carbocycles. The normalized spacial score (nSPS) is 11.1. The predicted octanol–water partition coefficient (Wildman–Crippen LogP) is 4.13. The Morgan fingerprint density at radius 1 is 0.853 bits per heavy atom. The summed E-state index contributed by atoms with van der Waals surface area (Å²) in [6.07, 6.45) is -0.424. The van der Waals surface area contributed by atoms with Crippen molar-refractivity contribution in [3.8, 4) is 5.75 Å². The molecule has 0 fully saturated rings. The monoisotopic (exact) mass is 461 g/mol. The van der Waals surface area contributed by atoms with E-state index in [4.69, 9.17) is 9.47 Å². The number of carbonyl (C=O) groups is 3. The van der Waals surface area contributed by atoms with Crippen LogP contribution in [0.5, 0.6) is 5.75 Å². The van der Waals surface area contributed by atoms with Crippen molar-refractivity contribution >= 4 is 29.3 Å². The molecule has 0 aromatic heterocycles. The summed E-state index contributed by atoms with van der Waals surface area (Å²) in [6.45, 7) is 1.49. The van der Waals surface area contributed by atoms with Crippen LogP contribution in [0.25, 0.3) is 0 Å². The molecule has 3 aromatic carbocycles. The minimum atomic E-state index is -0.883. The van der Waals surface area contributed by atoms with Gasteiger partial charge in [-0.15, -0.1) is 0 Å². The average molecular weight is 462 g/mol. The minimum Gasteiger partial charge on any atom is -0.494 e. The van der Waals surface area contributed by atoms with Gasteiger partial charge in [-0.1, -0.05) is 60.7 Å². The second kappa shape index (κ2) is 12.1. The number of alkyl carbamates (subject to hydrolysis) is 1. The van der Waals surface area contributed by atoms with Gasteiger partial charge in [0.05, 0.1) is 12.8 Å². The first-order valence-corrected chi connectivity index (χ1v) is 10.7. The zero-order valence-corrected chi connectivity index (χ0v) is 19.0. The number of benzene rings is 3. The van der Waals surface area contributed by atoms with E-state index in [1.54, 1.807) is 18.2 Å².